The Hall–Kier alpha value is -1.79. The summed E-state index contributed by atoms with van der Waals surface area (Å²) in [6.07, 6.45) is -0.533. The Bertz CT molecular complexity index is 664. The Morgan fingerprint density at radius 2 is 2.14 bits per heavy atom. The molecular weight excluding hydrogens is 310 g/mol. The number of rotatable bonds is 2. The number of carbonyl (C=O) groups is 1. The number of thiazole rings is 1. The van der Waals surface area contributed by atoms with E-state index in [9.17, 15) is 4.79 Å². The van der Waals surface area contributed by atoms with Gasteiger partial charge in [-0.05, 0) is 39.0 Å². The van der Waals surface area contributed by atoms with E-state index in [0.717, 1.165) is 0 Å². The van der Waals surface area contributed by atoms with Gasteiger partial charge in [-0.3, -0.25) is 5.32 Å². The zero-order valence-electron chi connectivity index (χ0n) is 11.9. The van der Waals surface area contributed by atoms with Gasteiger partial charge in [-0.15, -0.1) is 11.3 Å². The van der Waals surface area contributed by atoms with E-state index >= 15 is 0 Å². The highest BCUT2D eigenvalue weighted by Crippen LogP contribution is 2.32. The second-order valence-corrected chi connectivity index (χ2v) is 6.71. The lowest BCUT2D eigenvalue weighted by Gasteiger charge is -2.20. The molecule has 0 spiro atoms. The number of ether oxygens (including phenoxy) is 1. The highest BCUT2D eigenvalue weighted by Gasteiger charge is 2.18. The summed E-state index contributed by atoms with van der Waals surface area (Å²) >= 11 is 7.34. The van der Waals surface area contributed by atoms with Crippen LogP contribution in [0.25, 0.3) is 11.3 Å². The van der Waals surface area contributed by atoms with Gasteiger partial charge >= 0.3 is 6.09 Å². The molecule has 2 aromatic rings. The number of halogens is 1. The maximum atomic E-state index is 11.9. The Morgan fingerprint density at radius 1 is 1.43 bits per heavy atom. The molecule has 1 amide bonds. The van der Waals surface area contributed by atoms with Crippen molar-refractivity contribution in [2.75, 3.05) is 11.1 Å². The molecule has 0 aliphatic heterocycles. The van der Waals surface area contributed by atoms with E-state index in [1.165, 1.54) is 11.3 Å². The van der Waals surface area contributed by atoms with Crippen molar-refractivity contribution < 1.29 is 9.53 Å². The fourth-order valence-corrected chi connectivity index (χ4v) is 2.40. The maximum absolute atomic E-state index is 11.9. The highest BCUT2D eigenvalue weighted by atomic mass is 35.5. The van der Waals surface area contributed by atoms with E-state index in [-0.39, 0.29) is 0 Å². The molecule has 112 valence electrons. The van der Waals surface area contributed by atoms with Crippen LogP contribution in [-0.4, -0.2) is 16.7 Å². The fourth-order valence-electron chi connectivity index (χ4n) is 1.66. The minimum absolute atomic E-state index is 0.452. The van der Waals surface area contributed by atoms with Crippen LogP contribution in [0.15, 0.2) is 23.6 Å². The molecule has 7 heteroatoms. The summed E-state index contributed by atoms with van der Waals surface area (Å²) < 4.78 is 5.24. The third kappa shape index (κ3) is 4.34. The molecule has 0 radical (unpaired) electrons. The standard InChI is InChI=1S/C14H16ClN3O2S/c1-14(2,3)20-13(19)18-10-5-4-8(15)6-9(10)11-7-21-12(16)17-11/h4-7H,1-3H3,(H2,16,17)(H,18,19). The number of nitrogens with one attached hydrogen (secondary N) is 1. The van der Waals surface area contributed by atoms with Crippen LogP contribution in [0.5, 0.6) is 0 Å². The topological polar surface area (TPSA) is 77.2 Å². The summed E-state index contributed by atoms with van der Waals surface area (Å²) in [7, 11) is 0. The van der Waals surface area contributed by atoms with Gasteiger partial charge in [0.2, 0.25) is 0 Å². The van der Waals surface area contributed by atoms with Gasteiger partial charge in [0.05, 0.1) is 11.4 Å². The second kappa shape index (κ2) is 5.91. The highest BCUT2D eigenvalue weighted by molar-refractivity contribution is 7.13. The van der Waals surface area contributed by atoms with Crippen molar-refractivity contribution in [2.45, 2.75) is 26.4 Å². The number of benzene rings is 1. The quantitative estimate of drug-likeness (QED) is 0.858. The number of hydrogen-bond acceptors (Lipinski definition) is 5. The van der Waals surface area contributed by atoms with E-state index in [4.69, 9.17) is 22.1 Å². The van der Waals surface area contributed by atoms with Gasteiger partial charge in [0.15, 0.2) is 5.13 Å². The van der Waals surface area contributed by atoms with Gasteiger partial charge < -0.3 is 10.5 Å². The molecule has 3 N–H and O–H groups in total. The van der Waals surface area contributed by atoms with Crippen LogP contribution in [-0.2, 0) is 4.74 Å². The van der Waals surface area contributed by atoms with E-state index in [1.807, 2.05) is 0 Å². The third-order valence-corrected chi connectivity index (χ3v) is 3.32. The molecule has 0 atom stereocenters. The lowest BCUT2D eigenvalue weighted by Crippen LogP contribution is -2.27. The Balaban J connectivity index is 2.30. The molecule has 0 saturated heterocycles. The summed E-state index contributed by atoms with van der Waals surface area (Å²) in [6, 6.07) is 5.12. The molecule has 0 unspecified atom stereocenters. The average molecular weight is 326 g/mol. The van der Waals surface area contributed by atoms with Crippen LogP contribution in [0.1, 0.15) is 20.8 Å². The molecule has 5 nitrogen and oxygen atoms in total. The van der Waals surface area contributed by atoms with E-state index < -0.39 is 11.7 Å². The minimum Gasteiger partial charge on any atom is -0.444 e. The Morgan fingerprint density at radius 3 is 2.71 bits per heavy atom. The van der Waals surface area contributed by atoms with E-state index in [2.05, 4.69) is 10.3 Å². The van der Waals surface area contributed by atoms with Crippen molar-refractivity contribution in [2.24, 2.45) is 0 Å². The number of nitrogens with zero attached hydrogens (tertiary/aromatic N) is 1. The number of anilines is 2. The van der Waals surface area contributed by atoms with Crippen LogP contribution in [0.2, 0.25) is 5.02 Å². The van der Waals surface area contributed by atoms with Gasteiger partial charge in [-0.25, -0.2) is 9.78 Å². The smallest absolute Gasteiger partial charge is 0.412 e. The molecule has 0 aliphatic rings. The molecule has 0 saturated carbocycles. The van der Waals surface area contributed by atoms with Gasteiger partial charge in [-0.2, -0.15) is 0 Å². The predicted octanol–water partition coefficient (Wildman–Crippen LogP) is 4.39. The van der Waals surface area contributed by atoms with Crippen LogP contribution >= 0.6 is 22.9 Å². The lowest BCUT2D eigenvalue weighted by molar-refractivity contribution is 0.0636. The summed E-state index contributed by atoms with van der Waals surface area (Å²) in [5.74, 6) is 0. The average Bonchev–Trinajstić information content (AvgIpc) is 2.75. The summed E-state index contributed by atoms with van der Waals surface area (Å²) in [5, 5.41) is 5.51. The number of nitrogen functional groups attached to an aromatic ring is 1. The molecule has 1 aromatic carbocycles. The second-order valence-electron chi connectivity index (χ2n) is 5.39. The maximum Gasteiger partial charge on any atom is 0.412 e. The number of aromatic nitrogens is 1. The number of amides is 1. The van der Waals surface area contributed by atoms with Crippen molar-refractivity contribution in [1.29, 1.82) is 0 Å². The molecule has 0 fully saturated rings. The zero-order chi connectivity index (χ0) is 15.6. The van der Waals surface area contributed by atoms with Crippen molar-refractivity contribution in [3.05, 3.63) is 28.6 Å². The first-order chi connectivity index (χ1) is 9.74. The predicted molar refractivity (Wildman–Crippen MR) is 86.8 cm³/mol. The molecule has 0 bridgehead atoms. The van der Waals surface area contributed by atoms with Crippen molar-refractivity contribution in [3.63, 3.8) is 0 Å². The largest absolute Gasteiger partial charge is 0.444 e. The minimum atomic E-state index is -0.568. The van der Waals surface area contributed by atoms with Crippen molar-refractivity contribution >= 4 is 39.8 Å². The first kappa shape index (κ1) is 15.6. The van der Waals surface area contributed by atoms with E-state index in [0.29, 0.717) is 27.1 Å². The van der Waals surface area contributed by atoms with Crippen LogP contribution in [0.3, 0.4) is 0 Å². The van der Waals surface area contributed by atoms with Crippen LogP contribution < -0.4 is 11.1 Å². The molecule has 0 aliphatic carbocycles. The lowest BCUT2D eigenvalue weighted by atomic mass is 10.1. The first-order valence-electron chi connectivity index (χ1n) is 6.25. The summed E-state index contributed by atoms with van der Waals surface area (Å²) in [6.45, 7) is 5.41. The molecule has 1 aromatic heterocycles. The zero-order valence-corrected chi connectivity index (χ0v) is 13.5. The number of hydrogen-bond donors (Lipinski definition) is 2. The first-order valence-corrected chi connectivity index (χ1v) is 7.51. The molecule has 2 rings (SSSR count). The van der Waals surface area contributed by atoms with Crippen molar-refractivity contribution in [3.8, 4) is 11.3 Å². The normalized spacial score (nSPS) is 11.2. The van der Waals surface area contributed by atoms with Crippen molar-refractivity contribution in [1.82, 2.24) is 4.98 Å². The van der Waals surface area contributed by atoms with Crippen LogP contribution in [0, 0.1) is 0 Å². The van der Waals surface area contributed by atoms with E-state index in [1.54, 1.807) is 44.4 Å². The van der Waals surface area contributed by atoms with Gasteiger partial charge in [-0.1, -0.05) is 11.6 Å². The molecule has 21 heavy (non-hydrogen) atoms. The summed E-state index contributed by atoms with van der Waals surface area (Å²) in [4.78, 5) is 16.1. The SMILES string of the molecule is CC(C)(C)OC(=O)Nc1ccc(Cl)cc1-c1csc(N)n1. The monoisotopic (exact) mass is 325 g/mol. The molecular formula is C14H16ClN3O2S. The van der Waals surface area contributed by atoms with Gasteiger partial charge in [0, 0.05) is 16.0 Å². The fraction of sp³-hybridized carbons (Fsp3) is 0.286. The summed E-state index contributed by atoms with van der Waals surface area (Å²) in [5.41, 5.74) is 7.01. The third-order valence-electron chi connectivity index (χ3n) is 2.42. The van der Waals surface area contributed by atoms with Gasteiger partial charge in [0.1, 0.15) is 5.60 Å². The number of carbonyl (C=O) groups excluding carboxylic acids is 1. The Labute approximate surface area is 132 Å². The van der Waals surface area contributed by atoms with Gasteiger partial charge in [0.25, 0.3) is 0 Å². The number of nitrogens with two attached hydrogens (primary N) is 1. The molecule has 1 heterocycles. The Kier molecular flexibility index (Phi) is 4.39. The van der Waals surface area contributed by atoms with Crippen LogP contribution in [0.4, 0.5) is 15.6 Å².